The van der Waals surface area contributed by atoms with Crippen LogP contribution in [0.4, 0.5) is 0 Å². The third kappa shape index (κ3) is 18.0. The van der Waals surface area contributed by atoms with E-state index >= 15 is 0 Å². The van der Waals surface area contributed by atoms with Crippen molar-refractivity contribution in [3.8, 4) is 11.1 Å². The van der Waals surface area contributed by atoms with E-state index in [1.807, 2.05) is 0 Å². The molecule has 306 valence electrons. The zero-order chi connectivity index (χ0) is 40.3. The summed E-state index contributed by atoms with van der Waals surface area (Å²) in [6, 6.07) is 15.4. The fourth-order valence-corrected chi connectivity index (χ4v) is 6.61. The molecule has 0 spiro atoms. The van der Waals surface area contributed by atoms with E-state index in [2.05, 4.69) is 121 Å². The van der Waals surface area contributed by atoms with Gasteiger partial charge in [0.1, 0.15) is 13.2 Å². The van der Waals surface area contributed by atoms with E-state index in [1.165, 1.54) is 16.7 Å². The lowest BCUT2D eigenvalue weighted by Crippen LogP contribution is -2.40. The molecule has 13 heteroatoms. The largest absolute Gasteiger partial charge is 0.413 e. The highest BCUT2D eigenvalue weighted by atomic mass is 28.4. The van der Waals surface area contributed by atoms with Crippen molar-refractivity contribution in [3.63, 3.8) is 0 Å². The molecular weight excluding hydrogens is 719 g/mol. The number of ether oxygens (including phenoxy) is 4. The minimum Gasteiger partial charge on any atom is -0.413 e. The minimum atomic E-state index is -1.90. The molecule has 0 bridgehead atoms. The Bertz CT molecular complexity index is 1390. The van der Waals surface area contributed by atoms with E-state index in [4.69, 9.17) is 33.5 Å². The standard InChI is InChI=1S/C41H71N3O8Si2/c1-40(2,3)53(7,8)51-29-33-13-16-35(17-14-33)37-18-15-34(30-52-54(9,10)41(4,5)6)28-36(37)12-11-20-43-38(45)31-50-27-25-48-23-21-44-39(46)32-49-26-24-47-22-19-42/h13-18,28H,11-12,19-27,29-32,42H2,1-10H3,(H,43,45)(H,44,46). The maximum Gasteiger partial charge on any atom is 0.246 e. The molecule has 0 fully saturated rings. The van der Waals surface area contributed by atoms with Crippen LogP contribution >= 0.6 is 0 Å². The molecule has 0 aliphatic rings. The summed E-state index contributed by atoms with van der Waals surface area (Å²) in [4.78, 5) is 24.2. The van der Waals surface area contributed by atoms with Gasteiger partial charge in [-0.2, -0.15) is 0 Å². The van der Waals surface area contributed by atoms with Crippen LogP contribution in [-0.4, -0.2) is 101 Å². The molecule has 54 heavy (non-hydrogen) atoms. The van der Waals surface area contributed by atoms with Crippen molar-refractivity contribution in [2.45, 2.75) is 104 Å². The first-order valence-corrected chi connectivity index (χ1v) is 25.2. The molecule has 11 nitrogen and oxygen atoms in total. The average Bonchev–Trinajstić information content (AvgIpc) is 3.10. The van der Waals surface area contributed by atoms with Crippen molar-refractivity contribution in [2.24, 2.45) is 5.73 Å². The lowest BCUT2D eigenvalue weighted by molar-refractivity contribution is -0.127. The number of nitrogens with one attached hydrogen (secondary N) is 2. The summed E-state index contributed by atoms with van der Waals surface area (Å²) < 4.78 is 34.4. The smallest absolute Gasteiger partial charge is 0.246 e. The van der Waals surface area contributed by atoms with Gasteiger partial charge in [-0.15, -0.1) is 0 Å². The predicted molar refractivity (Wildman–Crippen MR) is 223 cm³/mol. The van der Waals surface area contributed by atoms with Gasteiger partial charge in [-0.1, -0.05) is 84.0 Å². The lowest BCUT2D eigenvalue weighted by atomic mass is 9.94. The van der Waals surface area contributed by atoms with Crippen LogP contribution in [0.15, 0.2) is 42.5 Å². The number of hydrogen-bond donors (Lipinski definition) is 3. The Morgan fingerprint density at radius 2 is 1.11 bits per heavy atom. The Morgan fingerprint density at radius 3 is 1.65 bits per heavy atom. The monoisotopic (exact) mass is 789 g/mol. The number of amides is 2. The van der Waals surface area contributed by atoms with Gasteiger partial charge in [0.25, 0.3) is 0 Å². The maximum atomic E-state index is 12.5. The second-order valence-electron chi connectivity index (χ2n) is 16.7. The molecule has 0 heterocycles. The normalized spacial score (nSPS) is 12.6. The average molecular weight is 790 g/mol. The van der Waals surface area contributed by atoms with Crippen LogP contribution in [0, 0.1) is 0 Å². The minimum absolute atomic E-state index is 0.0356. The van der Waals surface area contributed by atoms with E-state index in [9.17, 15) is 9.59 Å². The van der Waals surface area contributed by atoms with Crippen LogP contribution in [0.5, 0.6) is 0 Å². The molecule has 0 radical (unpaired) electrons. The molecule has 2 aromatic carbocycles. The first-order chi connectivity index (χ1) is 25.4. The van der Waals surface area contributed by atoms with Gasteiger partial charge in [0.2, 0.25) is 11.8 Å². The highest BCUT2D eigenvalue weighted by Gasteiger charge is 2.38. The Labute approximate surface area is 328 Å². The van der Waals surface area contributed by atoms with E-state index in [0.717, 1.165) is 24.0 Å². The van der Waals surface area contributed by atoms with Gasteiger partial charge in [0.15, 0.2) is 16.6 Å². The highest BCUT2D eigenvalue weighted by molar-refractivity contribution is 6.74. The van der Waals surface area contributed by atoms with Crippen LogP contribution in [0.3, 0.4) is 0 Å². The van der Waals surface area contributed by atoms with Crippen molar-refractivity contribution in [3.05, 3.63) is 59.2 Å². The van der Waals surface area contributed by atoms with E-state index in [0.29, 0.717) is 65.9 Å². The van der Waals surface area contributed by atoms with Crippen molar-refractivity contribution in [1.29, 1.82) is 0 Å². The van der Waals surface area contributed by atoms with Gasteiger partial charge in [-0.05, 0) is 76.9 Å². The molecule has 4 N–H and O–H groups in total. The molecule has 2 aromatic rings. The number of aryl methyl sites for hydroxylation is 1. The highest BCUT2D eigenvalue weighted by Crippen LogP contribution is 2.38. The summed E-state index contributed by atoms with van der Waals surface area (Å²) in [5, 5.41) is 6.00. The fraction of sp³-hybridized carbons (Fsp3) is 0.659. The maximum absolute atomic E-state index is 12.5. The Morgan fingerprint density at radius 1 is 0.630 bits per heavy atom. The summed E-state index contributed by atoms with van der Waals surface area (Å²) in [5.41, 5.74) is 11.3. The van der Waals surface area contributed by atoms with E-state index in [-0.39, 0.29) is 41.7 Å². The number of carbonyl (C=O) groups is 2. The number of benzene rings is 2. The topological polar surface area (TPSA) is 140 Å². The van der Waals surface area contributed by atoms with Gasteiger partial charge in [0, 0.05) is 19.6 Å². The molecule has 0 aromatic heterocycles. The first kappa shape index (κ1) is 47.7. The van der Waals surface area contributed by atoms with Crippen molar-refractivity contribution in [1.82, 2.24) is 10.6 Å². The van der Waals surface area contributed by atoms with E-state index in [1.54, 1.807) is 0 Å². The zero-order valence-corrected chi connectivity index (χ0v) is 37.0. The molecule has 0 aliphatic carbocycles. The lowest BCUT2D eigenvalue weighted by Gasteiger charge is -2.36. The van der Waals surface area contributed by atoms with Crippen molar-refractivity contribution >= 4 is 28.4 Å². The SMILES string of the molecule is CC(C)(C)[Si](C)(C)OCc1ccc(-c2ccc(CO[Si](C)(C)C(C)(C)C)cc2CCCNC(=O)COCCOCCNC(=O)COCCOCCN)cc1. The van der Waals surface area contributed by atoms with Crippen LogP contribution in [-0.2, 0) is 57.0 Å². The van der Waals surface area contributed by atoms with E-state index < -0.39 is 16.6 Å². The summed E-state index contributed by atoms with van der Waals surface area (Å²) in [6.45, 7) is 27.3. The summed E-state index contributed by atoms with van der Waals surface area (Å²) in [5.74, 6) is -0.384. The molecule has 0 aliphatic heterocycles. The third-order valence-electron chi connectivity index (χ3n) is 10.2. The second-order valence-corrected chi connectivity index (χ2v) is 26.3. The number of nitrogens with two attached hydrogens (primary N) is 1. The molecule has 0 saturated carbocycles. The second kappa shape index (κ2) is 23.6. The Hall–Kier alpha value is -2.47. The third-order valence-corrected chi connectivity index (χ3v) is 19.2. The number of carbonyl (C=O) groups excluding carboxylic acids is 2. The van der Waals surface area contributed by atoms with Gasteiger partial charge in [-0.3, -0.25) is 9.59 Å². The number of rotatable bonds is 26. The summed E-state index contributed by atoms with van der Waals surface area (Å²) in [6.07, 6.45) is 1.59. The molecule has 2 rings (SSSR count). The van der Waals surface area contributed by atoms with Gasteiger partial charge in [0.05, 0.1) is 52.9 Å². The fourth-order valence-electron chi connectivity index (χ4n) is 4.69. The van der Waals surface area contributed by atoms with Crippen LogP contribution in [0.2, 0.25) is 36.3 Å². The van der Waals surface area contributed by atoms with Crippen LogP contribution in [0.25, 0.3) is 11.1 Å². The van der Waals surface area contributed by atoms with Gasteiger partial charge < -0.3 is 44.2 Å². The van der Waals surface area contributed by atoms with Crippen molar-refractivity contribution in [2.75, 3.05) is 72.5 Å². The zero-order valence-electron chi connectivity index (χ0n) is 35.0. The quantitative estimate of drug-likeness (QED) is 0.0712. The van der Waals surface area contributed by atoms with Gasteiger partial charge in [-0.25, -0.2) is 0 Å². The first-order valence-electron chi connectivity index (χ1n) is 19.4. The molecule has 2 amide bonds. The molecular formula is C41H71N3O8Si2. The molecule has 0 unspecified atom stereocenters. The van der Waals surface area contributed by atoms with Gasteiger partial charge >= 0.3 is 0 Å². The predicted octanol–water partition coefficient (Wildman–Crippen LogP) is 6.59. The van der Waals surface area contributed by atoms with Crippen LogP contribution in [0.1, 0.15) is 64.7 Å². The summed E-state index contributed by atoms with van der Waals surface area (Å²) >= 11 is 0. The summed E-state index contributed by atoms with van der Waals surface area (Å²) in [7, 11) is -3.74. The number of hydrogen-bond acceptors (Lipinski definition) is 9. The Kier molecular flexibility index (Phi) is 20.8. The molecule has 0 atom stereocenters. The van der Waals surface area contributed by atoms with Crippen LogP contribution < -0.4 is 16.4 Å². The van der Waals surface area contributed by atoms with Crippen molar-refractivity contribution < 1.29 is 37.4 Å². The Balaban J connectivity index is 1.84. The molecule has 0 saturated heterocycles.